The summed E-state index contributed by atoms with van der Waals surface area (Å²) in [5.74, 6) is 0.832. The van der Waals surface area contributed by atoms with E-state index in [1.165, 1.54) is 4.88 Å². The monoisotopic (exact) mass is 309 g/mol. The Morgan fingerprint density at radius 3 is 2.85 bits per heavy atom. The standard InChI is InChI=1S/C16H20ClNOS/c1-3-18-12(2)15-7-6-13(11-16(15)17)19-9-8-14-5-4-10-20-14/h4-7,10-12,18H,3,8-9H2,1-2H3. The van der Waals surface area contributed by atoms with Crippen LogP contribution in [0.5, 0.6) is 5.75 Å². The lowest BCUT2D eigenvalue weighted by Gasteiger charge is -2.15. The summed E-state index contributed by atoms with van der Waals surface area (Å²) < 4.78 is 5.76. The van der Waals surface area contributed by atoms with E-state index in [1.54, 1.807) is 11.3 Å². The van der Waals surface area contributed by atoms with E-state index in [4.69, 9.17) is 16.3 Å². The van der Waals surface area contributed by atoms with Gasteiger partial charge in [0.15, 0.2) is 0 Å². The first kappa shape index (κ1) is 15.4. The van der Waals surface area contributed by atoms with E-state index in [0.717, 1.165) is 29.3 Å². The lowest BCUT2D eigenvalue weighted by Crippen LogP contribution is -2.18. The van der Waals surface area contributed by atoms with Crippen molar-refractivity contribution in [3.63, 3.8) is 0 Å². The van der Waals surface area contributed by atoms with Gasteiger partial charge in [0, 0.05) is 22.4 Å². The fourth-order valence-corrected chi connectivity index (χ4v) is 3.11. The molecular weight excluding hydrogens is 290 g/mol. The van der Waals surface area contributed by atoms with Crippen LogP contribution in [0.15, 0.2) is 35.7 Å². The minimum Gasteiger partial charge on any atom is -0.493 e. The van der Waals surface area contributed by atoms with E-state index in [-0.39, 0.29) is 6.04 Å². The van der Waals surface area contributed by atoms with Gasteiger partial charge in [0.05, 0.1) is 6.61 Å². The normalized spacial score (nSPS) is 12.3. The zero-order chi connectivity index (χ0) is 14.4. The molecule has 0 aliphatic rings. The molecule has 2 aromatic rings. The maximum absolute atomic E-state index is 6.32. The Labute approximate surface area is 129 Å². The molecule has 0 fully saturated rings. The van der Waals surface area contributed by atoms with E-state index in [2.05, 4.69) is 36.7 Å². The van der Waals surface area contributed by atoms with Crippen LogP contribution < -0.4 is 10.1 Å². The van der Waals surface area contributed by atoms with Gasteiger partial charge < -0.3 is 10.1 Å². The molecule has 0 aliphatic heterocycles. The molecule has 0 aliphatic carbocycles. The summed E-state index contributed by atoms with van der Waals surface area (Å²) in [5, 5.41) is 6.20. The first-order valence-electron chi connectivity index (χ1n) is 6.88. The number of thiophene rings is 1. The third-order valence-corrected chi connectivity index (χ3v) is 4.41. The number of benzene rings is 1. The molecule has 0 radical (unpaired) electrons. The predicted molar refractivity (Wildman–Crippen MR) is 87.1 cm³/mol. The van der Waals surface area contributed by atoms with Crippen LogP contribution in [0.1, 0.15) is 30.3 Å². The SMILES string of the molecule is CCNC(C)c1ccc(OCCc2cccs2)cc1Cl. The van der Waals surface area contributed by atoms with E-state index in [1.807, 2.05) is 18.2 Å². The van der Waals surface area contributed by atoms with Crippen LogP contribution in [0.2, 0.25) is 5.02 Å². The van der Waals surface area contributed by atoms with Crippen molar-refractivity contribution in [1.29, 1.82) is 0 Å². The van der Waals surface area contributed by atoms with Crippen molar-refractivity contribution in [3.05, 3.63) is 51.2 Å². The molecule has 0 saturated heterocycles. The van der Waals surface area contributed by atoms with Crippen molar-refractivity contribution in [3.8, 4) is 5.75 Å². The van der Waals surface area contributed by atoms with Gasteiger partial charge in [-0.05, 0) is 42.6 Å². The first-order valence-corrected chi connectivity index (χ1v) is 8.14. The number of ether oxygens (including phenoxy) is 1. The van der Waals surface area contributed by atoms with Gasteiger partial charge in [-0.1, -0.05) is 30.7 Å². The Morgan fingerprint density at radius 2 is 2.20 bits per heavy atom. The van der Waals surface area contributed by atoms with Crippen molar-refractivity contribution in [1.82, 2.24) is 5.32 Å². The van der Waals surface area contributed by atoms with E-state index >= 15 is 0 Å². The van der Waals surface area contributed by atoms with Crippen molar-refractivity contribution >= 4 is 22.9 Å². The smallest absolute Gasteiger partial charge is 0.120 e. The fraction of sp³-hybridized carbons (Fsp3) is 0.375. The summed E-state index contributed by atoms with van der Waals surface area (Å²) in [6.07, 6.45) is 0.935. The molecule has 1 aromatic heterocycles. The summed E-state index contributed by atoms with van der Waals surface area (Å²) in [7, 11) is 0. The molecule has 1 aromatic carbocycles. The minimum absolute atomic E-state index is 0.257. The lowest BCUT2D eigenvalue weighted by molar-refractivity contribution is 0.323. The summed E-state index contributed by atoms with van der Waals surface area (Å²) >= 11 is 8.08. The minimum atomic E-state index is 0.257. The van der Waals surface area contributed by atoms with Gasteiger partial charge in [-0.2, -0.15) is 0 Å². The van der Waals surface area contributed by atoms with Crippen molar-refractivity contribution in [2.45, 2.75) is 26.3 Å². The van der Waals surface area contributed by atoms with E-state index in [0.29, 0.717) is 6.61 Å². The molecule has 1 heterocycles. The molecule has 0 bridgehead atoms. The highest BCUT2D eigenvalue weighted by Crippen LogP contribution is 2.27. The lowest BCUT2D eigenvalue weighted by atomic mass is 10.1. The molecule has 4 heteroatoms. The highest BCUT2D eigenvalue weighted by Gasteiger charge is 2.09. The van der Waals surface area contributed by atoms with Crippen molar-refractivity contribution < 1.29 is 4.74 Å². The summed E-state index contributed by atoms with van der Waals surface area (Å²) in [5.41, 5.74) is 1.11. The summed E-state index contributed by atoms with van der Waals surface area (Å²) in [6, 6.07) is 10.4. The number of nitrogens with one attached hydrogen (secondary N) is 1. The highest BCUT2D eigenvalue weighted by molar-refractivity contribution is 7.09. The van der Waals surface area contributed by atoms with Gasteiger partial charge in [0.2, 0.25) is 0 Å². The number of hydrogen-bond donors (Lipinski definition) is 1. The topological polar surface area (TPSA) is 21.3 Å². The molecule has 1 unspecified atom stereocenters. The van der Waals surface area contributed by atoms with Gasteiger partial charge in [0.25, 0.3) is 0 Å². The van der Waals surface area contributed by atoms with Gasteiger partial charge in [0.1, 0.15) is 5.75 Å². The van der Waals surface area contributed by atoms with Crippen LogP contribution in [-0.4, -0.2) is 13.2 Å². The number of halogens is 1. The Bertz CT molecular complexity index is 527. The zero-order valence-electron chi connectivity index (χ0n) is 11.9. The number of rotatable bonds is 7. The average Bonchev–Trinajstić information content (AvgIpc) is 2.92. The summed E-state index contributed by atoms with van der Waals surface area (Å²) in [6.45, 7) is 5.81. The molecule has 2 rings (SSSR count). The molecule has 0 amide bonds. The second-order valence-electron chi connectivity index (χ2n) is 4.64. The van der Waals surface area contributed by atoms with Crippen LogP contribution in [0, 0.1) is 0 Å². The molecular formula is C16H20ClNOS. The second-order valence-corrected chi connectivity index (χ2v) is 6.08. The van der Waals surface area contributed by atoms with Crippen LogP contribution in [-0.2, 0) is 6.42 Å². The quantitative estimate of drug-likeness (QED) is 0.801. The molecule has 108 valence electrons. The maximum Gasteiger partial charge on any atom is 0.120 e. The third kappa shape index (κ3) is 4.23. The molecule has 20 heavy (non-hydrogen) atoms. The maximum atomic E-state index is 6.32. The third-order valence-electron chi connectivity index (χ3n) is 3.15. The Balaban J connectivity index is 1.91. The molecule has 0 saturated carbocycles. The van der Waals surface area contributed by atoms with Gasteiger partial charge in [-0.15, -0.1) is 11.3 Å². The average molecular weight is 310 g/mol. The zero-order valence-corrected chi connectivity index (χ0v) is 13.4. The van der Waals surface area contributed by atoms with Crippen LogP contribution in [0.3, 0.4) is 0 Å². The van der Waals surface area contributed by atoms with Crippen molar-refractivity contribution in [2.75, 3.05) is 13.2 Å². The Morgan fingerprint density at radius 1 is 1.35 bits per heavy atom. The summed E-state index contributed by atoms with van der Waals surface area (Å²) in [4.78, 5) is 1.34. The predicted octanol–water partition coefficient (Wildman–Crippen LogP) is 4.69. The van der Waals surface area contributed by atoms with E-state index in [9.17, 15) is 0 Å². The molecule has 2 nitrogen and oxygen atoms in total. The van der Waals surface area contributed by atoms with Crippen LogP contribution >= 0.6 is 22.9 Å². The van der Waals surface area contributed by atoms with Crippen LogP contribution in [0.4, 0.5) is 0 Å². The highest BCUT2D eigenvalue weighted by atomic mass is 35.5. The second kappa shape index (κ2) is 7.67. The van der Waals surface area contributed by atoms with Crippen molar-refractivity contribution in [2.24, 2.45) is 0 Å². The largest absolute Gasteiger partial charge is 0.493 e. The molecule has 1 N–H and O–H groups in total. The van der Waals surface area contributed by atoms with Gasteiger partial charge in [-0.25, -0.2) is 0 Å². The molecule has 0 spiro atoms. The van der Waals surface area contributed by atoms with E-state index < -0.39 is 0 Å². The van der Waals surface area contributed by atoms with Crippen LogP contribution in [0.25, 0.3) is 0 Å². The Kier molecular flexibility index (Phi) is 5.89. The molecule has 1 atom stereocenters. The Hall–Kier alpha value is -1.03. The number of hydrogen-bond acceptors (Lipinski definition) is 3. The first-order chi connectivity index (χ1) is 9.70. The van der Waals surface area contributed by atoms with Gasteiger partial charge in [-0.3, -0.25) is 0 Å². The fourth-order valence-electron chi connectivity index (χ4n) is 2.09. The van der Waals surface area contributed by atoms with Gasteiger partial charge >= 0.3 is 0 Å².